The summed E-state index contributed by atoms with van der Waals surface area (Å²) in [5.74, 6) is 7.06. The van der Waals surface area contributed by atoms with Crippen LogP contribution in [-0.4, -0.2) is 115 Å². The van der Waals surface area contributed by atoms with Gasteiger partial charge in [-0.25, -0.2) is 0 Å². The SMILES string of the molecule is CC(C)C1CCNC1.CC(C)C1CCNCC1.CC(C)C1CCOC1.CC(C)CCN1CCNCC1.CC(C)CCN1CCOCC1. The normalized spacial score (nSPS) is 24.3. The van der Waals surface area contributed by atoms with Crippen molar-refractivity contribution in [2.75, 3.05) is 105 Å². The van der Waals surface area contributed by atoms with Crippen LogP contribution in [0, 0.1) is 47.3 Å². The number of hydrogen-bond acceptors (Lipinski definition) is 7. The quantitative estimate of drug-likeness (QED) is 0.248. The van der Waals surface area contributed by atoms with E-state index < -0.39 is 0 Å². The molecule has 0 aliphatic carbocycles. The molecule has 0 spiro atoms. The first-order chi connectivity index (χ1) is 22.5. The van der Waals surface area contributed by atoms with Gasteiger partial charge in [0.25, 0.3) is 0 Å². The summed E-state index contributed by atoms with van der Waals surface area (Å²) in [6, 6.07) is 0. The lowest BCUT2D eigenvalue weighted by molar-refractivity contribution is 0.0360. The first-order valence-corrected chi connectivity index (χ1v) is 20.2. The van der Waals surface area contributed by atoms with Gasteiger partial charge in [-0.2, -0.15) is 0 Å². The number of nitrogens with zero attached hydrogens (tertiary/aromatic N) is 2. The molecule has 5 saturated heterocycles. The van der Waals surface area contributed by atoms with E-state index in [1.165, 1.54) is 104 Å². The molecule has 2 atom stereocenters. The van der Waals surface area contributed by atoms with Gasteiger partial charge in [-0.15, -0.1) is 0 Å². The summed E-state index contributed by atoms with van der Waals surface area (Å²) in [7, 11) is 0. The number of rotatable bonds is 9. The van der Waals surface area contributed by atoms with Gasteiger partial charge in [-0.3, -0.25) is 4.90 Å². The molecule has 47 heavy (non-hydrogen) atoms. The highest BCUT2D eigenvalue weighted by Crippen LogP contribution is 2.21. The topological polar surface area (TPSA) is 61.0 Å². The van der Waals surface area contributed by atoms with Crippen molar-refractivity contribution in [3.05, 3.63) is 0 Å². The summed E-state index contributed by atoms with van der Waals surface area (Å²) < 4.78 is 10.5. The lowest BCUT2D eigenvalue weighted by Gasteiger charge is -2.27. The Balaban J connectivity index is 0.000000296. The molecular weight excluding hydrogens is 582 g/mol. The molecule has 282 valence electrons. The fourth-order valence-corrected chi connectivity index (χ4v) is 6.48. The van der Waals surface area contributed by atoms with Crippen LogP contribution in [-0.2, 0) is 9.47 Å². The fourth-order valence-electron chi connectivity index (χ4n) is 6.48. The van der Waals surface area contributed by atoms with E-state index in [1.54, 1.807) is 0 Å². The maximum Gasteiger partial charge on any atom is 0.0594 e. The van der Waals surface area contributed by atoms with Crippen LogP contribution in [0.25, 0.3) is 0 Å². The van der Waals surface area contributed by atoms with Gasteiger partial charge < -0.3 is 30.3 Å². The van der Waals surface area contributed by atoms with Crippen molar-refractivity contribution >= 4 is 0 Å². The van der Waals surface area contributed by atoms with Gasteiger partial charge >= 0.3 is 0 Å². The molecule has 0 aromatic carbocycles. The standard InChI is InChI=1S/C9H20N2.C9H19NO.C8H17N.C7H15N.C7H14O/c1-9(2)3-6-11-7-4-10-5-8-11;1-9(2)3-4-10-5-7-11-8-6-10;1-7(2)8-3-5-9-6-4-8;2*1-6(2)7-3-4-8-5-7/h9-10H,3-8H2,1-2H3;9H,3-8H2,1-2H3;7-9H,3-6H2,1-2H3;6-8H,3-5H2,1-2H3;6-7H,3-5H2,1-2H3. The highest BCUT2D eigenvalue weighted by atomic mass is 16.5. The van der Waals surface area contributed by atoms with Crippen LogP contribution in [0.3, 0.4) is 0 Å². The molecule has 5 aliphatic heterocycles. The average molecular weight is 668 g/mol. The van der Waals surface area contributed by atoms with Crippen LogP contribution >= 0.6 is 0 Å². The smallest absolute Gasteiger partial charge is 0.0594 e. The second kappa shape index (κ2) is 28.4. The predicted octanol–water partition coefficient (Wildman–Crippen LogP) is 6.88. The Hall–Kier alpha value is -0.280. The van der Waals surface area contributed by atoms with Crippen molar-refractivity contribution in [3.8, 4) is 0 Å². The van der Waals surface area contributed by atoms with E-state index in [2.05, 4.69) is 95.0 Å². The molecule has 0 saturated carbocycles. The third kappa shape index (κ3) is 24.5. The van der Waals surface area contributed by atoms with Crippen molar-refractivity contribution in [2.24, 2.45) is 47.3 Å². The van der Waals surface area contributed by atoms with Gasteiger partial charge in [0.05, 0.1) is 13.2 Å². The molecule has 0 amide bonds. The van der Waals surface area contributed by atoms with Gasteiger partial charge in [-0.05, 0) is 125 Å². The van der Waals surface area contributed by atoms with E-state index in [0.717, 1.165) is 86.9 Å². The summed E-state index contributed by atoms with van der Waals surface area (Å²) in [6.45, 7) is 41.4. The van der Waals surface area contributed by atoms with Crippen LogP contribution in [0.2, 0.25) is 0 Å². The van der Waals surface area contributed by atoms with E-state index in [1.807, 2.05) is 0 Å². The summed E-state index contributed by atoms with van der Waals surface area (Å²) in [5, 5.41) is 10.1. The van der Waals surface area contributed by atoms with E-state index in [9.17, 15) is 0 Å². The lowest BCUT2D eigenvalue weighted by Crippen LogP contribution is -2.43. The molecule has 5 aliphatic rings. The maximum atomic E-state index is 5.26. The maximum absolute atomic E-state index is 5.26. The lowest BCUT2D eigenvalue weighted by atomic mass is 9.87. The predicted molar refractivity (Wildman–Crippen MR) is 205 cm³/mol. The molecule has 7 nitrogen and oxygen atoms in total. The summed E-state index contributed by atoms with van der Waals surface area (Å²) in [5.41, 5.74) is 0. The minimum atomic E-state index is 0.817. The highest BCUT2D eigenvalue weighted by molar-refractivity contribution is 4.73. The van der Waals surface area contributed by atoms with Crippen molar-refractivity contribution in [1.29, 1.82) is 0 Å². The van der Waals surface area contributed by atoms with Gasteiger partial charge in [0.15, 0.2) is 0 Å². The molecule has 0 aromatic heterocycles. The number of hydrogen-bond donors (Lipinski definition) is 3. The number of nitrogens with one attached hydrogen (secondary N) is 3. The molecule has 0 bridgehead atoms. The van der Waals surface area contributed by atoms with Gasteiger partial charge in [0.2, 0.25) is 0 Å². The molecule has 5 heterocycles. The molecule has 5 fully saturated rings. The number of piperazine rings is 1. The molecule has 5 rings (SSSR count). The second-order valence-corrected chi connectivity index (χ2v) is 16.6. The van der Waals surface area contributed by atoms with Gasteiger partial charge in [-0.1, -0.05) is 69.2 Å². The Kier molecular flexibility index (Phi) is 27.1. The Labute approximate surface area is 294 Å². The van der Waals surface area contributed by atoms with E-state index >= 15 is 0 Å². The third-order valence-electron chi connectivity index (χ3n) is 10.6. The molecule has 3 N–H and O–H groups in total. The molecule has 7 heteroatoms. The van der Waals surface area contributed by atoms with Crippen LogP contribution < -0.4 is 16.0 Å². The van der Waals surface area contributed by atoms with Crippen LogP contribution in [0.1, 0.15) is 108 Å². The number of piperidine rings is 1. The molecular formula is C40H85N5O2. The van der Waals surface area contributed by atoms with Gasteiger partial charge in [0, 0.05) is 52.5 Å². The Morgan fingerprint density at radius 3 is 1.32 bits per heavy atom. The van der Waals surface area contributed by atoms with E-state index in [-0.39, 0.29) is 0 Å². The summed E-state index contributed by atoms with van der Waals surface area (Å²) in [6.07, 6.45) is 8.10. The second-order valence-electron chi connectivity index (χ2n) is 16.6. The number of morpholine rings is 1. The summed E-state index contributed by atoms with van der Waals surface area (Å²) in [4.78, 5) is 5.04. The van der Waals surface area contributed by atoms with Crippen LogP contribution in [0.5, 0.6) is 0 Å². The Morgan fingerprint density at radius 1 is 0.489 bits per heavy atom. The largest absolute Gasteiger partial charge is 0.381 e. The first-order valence-electron chi connectivity index (χ1n) is 20.2. The van der Waals surface area contributed by atoms with Crippen molar-refractivity contribution < 1.29 is 9.47 Å². The monoisotopic (exact) mass is 668 g/mol. The molecule has 2 unspecified atom stereocenters. The van der Waals surface area contributed by atoms with Gasteiger partial charge in [0.1, 0.15) is 0 Å². The zero-order valence-corrected chi connectivity index (χ0v) is 33.4. The third-order valence-corrected chi connectivity index (χ3v) is 10.6. The van der Waals surface area contributed by atoms with Crippen molar-refractivity contribution in [2.45, 2.75) is 108 Å². The molecule has 0 aromatic rings. The minimum absolute atomic E-state index is 0.817. The van der Waals surface area contributed by atoms with Crippen molar-refractivity contribution in [1.82, 2.24) is 25.8 Å². The average Bonchev–Trinajstić information content (AvgIpc) is 3.82. The zero-order valence-electron chi connectivity index (χ0n) is 33.4. The van der Waals surface area contributed by atoms with Crippen LogP contribution in [0.4, 0.5) is 0 Å². The zero-order chi connectivity index (χ0) is 34.9. The first kappa shape index (κ1) is 44.7. The minimum Gasteiger partial charge on any atom is -0.381 e. The molecule has 0 radical (unpaired) electrons. The van der Waals surface area contributed by atoms with E-state index in [0.29, 0.717) is 0 Å². The van der Waals surface area contributed by atoms with E-state index in [4.69, 9.17) is 9.47 Å². The Bertz CT molecular complexity index is 614. The van der Waals surface area contributed by atoms with Crippen molar-refractivity contribution in [3.63, 3.8) is 0 Å². The fraction of sp³-hybridized carbons (Fsp3) is 1.00. The summed E-state index contributed by atoms with van der Waals surface area (Å²) >= 11 is 0. The number of ether oxygens (including phenoxy) is 2. The van der Waals surface area contributed by atoms with Crippen LogP contribution in [0.15, 0.2) is 0 Å². The highest BCUT2D eigenvalue weighted by Gasteiger charge is 2.19. The Morgan fingerprint density at radius 2 is 0.957 bits per heavy atom.